The normalized spacial score (nSPS) is 10.2. The molecule has 106 valence electrons. The lowest BCUT2D eigenvalue weighted by Crippen LogP contribution is -2.13. The molecule has 0 radical (unpaired) electrons. The summed E-state index contributed by atoms with van der Waals surface area (Å²) in [5, 5.41) is 6.21. The number of carbonyl (C=O) groups is 1. The summed E-state index contributed by atoms with van der Waals surface area (Å²) in [5.74, 6) is 0.446. The maximum Gasteiger partial charge on any atom is 0.269 e. The van der Waals surface area contributed by atoms with E-state index in [1.54, 1.807) is 26.3 Å². The van der Waals surface area contributed by atoms with Crippen molar-refractivity contribution in [3.8, 4) is 5.75 Å². The first kappa shape index (κ1) is 14.6. The third-order valence-corrected chi connectivity index (χ3v) is 4.06. The van der Waals surface area contributed by atoms with Gasteiger partial charge in [-0.25, -0.2) is 4.98 Å². The average Bonchev–Trinajstić information content (AvgIpc) is 2.80. The molecular weight excluding hydrogens is 344 g/mol. The maximum absolute atomic E-state index is 12.2. The number of nitrogens with zero attached hydrogens (tertiary/aromatic N) is 1. The highest BCUT2D eigenvalue weighted by Gasteiger charge is 2.17. The molecule has 2 aromatic rings. The Labute approximate surface area is 128 Å². The van der Waals surface area contributed by atoms with E-state index in [4.69, 9.17) is 10.5 Å². The fourth-order valence-electron chi connectivity index (χ4n) is 1.56. The van der Waals surface area contributed by atoms with Gasteiger partial charge in [-0.1, -0.05) is 27.3 Å². The number of benzene rings is 1. The molecule has 2 rings (SSSR count). The summed E-state index contributed by atoms with van der Waals surface area (Å²) in [5.41, 5.74) is 6.29. The van der Waals surface area contributed by atoms with Crippen LogP contribution in [-0.2, 0) is 0 Å². The van der Waals surface area contributed by atoms with Crippen LogP contribution >= 0.6 is 27.3 Å². The van der Waals surface area contributed by atoms with Crippen molar-refractivity contribution in [2.75, 3.05) is 30.5 Å². The largest absolute Gasteiger partial charge is 0.495 e. The van der Waals surface area contributed by atoms with Gasteiger partial charge < -0.3 is 21.1 Å². The van der Waals surface area contributed by atoms with Gasteiger partial charge in [-0.2, -0.15) is 0 Å². The summed E-state index contributed by atoms with van der Waals surface area (Å²) in [4.78, 5) is 16.6. The Kier molecular flexibility index (Phi) is 4.46. The Morgan fingerprint density at radius 1 is 1.50 bits per heavy atom. The van der Waals surface area contributed by atoms with Gasteiger partial charge in [0.25, 0.3) is 5.91 Å². The molecule has 1 aromatic heterocycles. The molecule has 1 amide bonds. The van der Waals surface area contributed by atoms with Gasteiger partial charge in [-0.15, -0.1) is 0 Å². The van der Waals surface area contributed by atoms with Crippen LogP contribution in [0, 0.1) is 0 Å². The minimum absolute atomic E-state index is 0.200. The molecule has 8 heteroatoms. The molecule has 1 heterocycles. The lowest BCUT2D eigenvalue weighted by atomic mass is 10.3. The first-order valence-corrected chi connectivity index (χ1v) is 7.25. The summed E-state index contributed by atoms with van der Waals surface area (Å²) < 4.78 is 6.04. The zero-order valence-electron chi connectivity index (χ0n) is 10.9. The van der Waals surface area contributed by atoms with E-state index in [2.05, 4.69) is 31.5 Å². The third kappa shape index (κ3) is 3.02. The fourth-order valence-corrected chi connectivity index (χ4v) is 2.65. The van der Waals surface area contributed by atoms with Gasteiger partial charge in [0.05, 0.1) is 12.8 Å². The van der Waals surface area contributed by atoms with Crippen molar-refractivity contribution >= 4 is 49.8 Å². The van der Waals surface area contributed by atoms with E-state index in [0.717, 1.165) is 4.47 Å². The van der Waals surface area contributed by atoms with Crippen molar-refractivity contribution in [3.63, 3.8) is 0 Å². The number of amides is 1. The zero-order chi connectivity index (χ0) is 14.7. The Bertz CT molecular complexity index is 644. The highest BCUT2D eigenvalue weighted by Crippen LogP contribution is 2.30. The maximum atomic E-state index is 12.2. The van der Waals surface area contributed by atoms with Crippen LogP contribution in [0.3, 0.4) is 0 Å². The second-order valence-electron chi connectivity index (χ2n) is 3.78. The zero-order valence-corrected chi connectivity index (χ0v) is 13.3. The number of rotatable bonds is 4. The number of ether oxygens (including phenoxy) is 1. The van der Waals surface area contributed by atoms with Crippen molar-refractivity contribution in [1.29, 1.82) is 0 Å². The van der Waals surface area contributed by atoms with Crippen LogP contribution in [-0.4, -0.2) is 25.0 Å². The van der Waals surface area contributed by atoms with E-state index < -0.39 is 0 Å². The number of aromatic nitrogens is 1. The van der Waals surface area contributed by atoms with Crippen LogP contribution in [0.5, 0.6) is 5.75 Å². The molecule has 0 aliphatic heterocycles. The fraction of sp³-hybridized carbons (Fsp3) is 0.167. The van der Waals surface area contributed by atoms with Crippen LogP contribution in [0.1, 0.15) is 9.67 Å². The van der Waals surface area contributed by atoms with Crippen molar-refractivity contribution in [2.45, 2.75) is 0 Å². The smallest absolute Gasteiger partial charge is 0.269 e. The topological polar surface area (TPSA) is 89.3 Å². The summed E-state index contributed by atoms with van der Waals surface area (Å²) in [6.07, 6.45) is 0. The summed E-state index contributed by atoms with van der Waals surface area (Å²) in [6, 6.07) is 5.34. The molecule has 0 spiro atoms. The monoisotopic (exact) mass is 356 g/mol. The van der Waals surface area contributed by atoms with Crippen molar-refractivity contribution in [3.05, 3.63) is 27.5 Å². The summed E-state index contributed by atoms with van der Waals surface area (Å²) in [6.45, 7) is 0. The summed E-state index contributed by atoms with van der Waals surface area (Å²) in [7, 11) is 3.26. The van der Waals surface area contributed by atoms with E-state index in [1.807, 2.05) is 6.07 Å². The van der Waals surface area contributed by atoms with Crippen molar-refractivity contribution < 1.29 is 9.53 Å². The molecule has 0 unspecified atom stereocenters. The van der Waals surface area contributed by atoms with Gasteiger partial charge in [-0.05, 0) is 18.2 Å². The number of thiazole rings is 1. The Morgan fingerprint density at radius 3 is 2.85 bits per heavy atom. The number of nitrogens with one attached hydrogen (secondary N) is 2. The SMILES string of the molecule is CNc1nc(N)c(C(=O)Nc2cc(Br)ccc2OC)s1. The number of hydrogen-bond acceptors (Lipinski definition) is 6. The number of methoxy groups -OCH3 is 1. The minimum Gasteiger partial charge on any atom is -0.495 e. The highest BCUT2D eigenvalue weighted by atomic mass is 79.9. The van der Waals surface area contributed by atoms with E-state index >= 15 is 0 Å². The number of halogens is 1. The van der Waals surface area contributed by atoms with Gasteiger partial charge in [-0.3, -0.25) is 4.79 Å². The Hall–Kier alpha value is -1.80. The number of anilines is 3. The lowest BCUT2D eigenvalue weighted by molar-refractivity contribution is 0.103. The number of hydrogen-bond donors (Lipinski definition) is 3. The first-order valence-electron chi connectivity index (χ1n) is 5.64. The average molecular weight is 357 g/mol. The molecule has 20 heavy (non-hydrogen) atoms. The quantitative estimate of drug-likeness (QED) is 0.783. The van der Waals surface area contributed by atoms with Crippen molar-refractivity contribution in [2.24, 2.45) is 0 Å². The third-order valence-electron chi connectivity index (χ3n) is 2.48. The summed E-state index contributed by atoms with van der Waals surface area (Å²) >= 11 is 4.54. The molecule has 4 N–H and O–H groups in total. The molecule has 0 saturated heterocycles. The Morgan fingerprint density at radius 2 is 2.25 bits per heavy atom. The predicted molar refractivity (Wildman–Crippen MR) is 84.7 cm³/mol. The van der Waals surface area contributed by atoms with Gasteiger partial charge in [0.2, 0.25) is 0 Å². The molecule has 0 bridgehead atoms. The molecule has 0 saturated carbocycles. The molecule has 0 aliphatic rings. The highest BCUT2D eigenvalue weighted by molar-refractivity contribution is 9.10. The second-order valence-corrected chi connectivity index (χ2v) is 5.70. The van der Waals surface area contributed by atoms with Gasteiger partial charge >= 0.3 is 0 Å². The van der Waals surface area contributed by atoms with Crippen LogP contribution in [0.25, 0.3) is 0 Å². The number of carbonyl (C=O) groups excluding carboxylic acids is 1. The Balaban J connectivity index is 2.27. The van der Waals surface area contributed by atoms with Crippen LogP contribution < -0.4 is 21.1 Å². The van der Waals surface area contributed by atoms with E-state index in [1.165, 1.54) is 11.3 Å². The first-order chi connectivity index (χ1) is 9.55. The van der Waals surface area contributed by atoms with Gasteiger partial charge in [0.1, 0.15) is 16.4 Å². The van der Waals surface area contributed by atoms with Crippen LogP contribution in [0.2, 0.25) is 0 Å². The molecule has 0 fully saturated rings. The van der Waals surface area contributed by atoms with E-state index in [9.17, 15) is 4.79 Å². The molecule has 1 aromatic carbocycles. The predicted octanol–water partition coefficient (Wildman–Crippen LogP) is 2.79. The second kappa shape index (κ2) is 6.10. The van der Waals surface area contributed by atoms with Crippen molar-refractivity contribution in [1.82, 2.24) is 4.98 Å². The number of nitrogens with two attached hydrogens (primary N) is 1. The molecule has 0 aliphatic carbocycles. The standard InChI is InChI=1S/C12H13BrN4O2S/c1-15-12-17-10(14)9(20-12)11(18)16-7-5-6(13)3-4-8(7)19-2/h3-5H,14H2,1-2H3,(H,15,17)(H,16,18). The van der Waals surface area contributed by atoms with E-state index in [0.29, 0.717) is 21.4 Å². The molecular formula is C12H13BrN4O2S. The van der Waals surface area contributed by atoms with Crippen LogP contribution in [0.15, 0.2) is 22.7 Å². The molecule has 0 atom stereocenters. The van der Waals surface area contributed by atoms with Crippen LogP contribution in [0.4, 0.5) is 16.6 Å². The van der Waals surface area contributed by atoms with Gasteiger partial charge in [0.15, 0.2) is 5.13 Å². The van der Waals surface area contributed by atoms with Gasteiger partial charge in [0, 0.05) is 11.5 Å². The number of nitrogen functional groups attached to an aromatic ring is 1. The molecule has 6 nitrogen and oxygen atoms in total. The minimum atomic E-state index is -0.321. The lowest BCUT2D eigenvalue weighted by Gasteiger charge is -2.09. The van der Waals surface area contributed by atoms with E-state index in [-0.39, 0.29) is 11.7 Å².